The molecule has 0 amide bonds. The van der Waals surface area contributed by atoms with Gasteiger partial charge in [0.1, 0.15) is 5.78 Å². The zero-order chi connectivity index (χ0) is 14.8. The molecule has 1 N–H and O–H groups in total. The molecule has 0 radical (unpaired) electrons. The van der Waals surface area contributed by atoms with Gasteiger partial charge < -0.3 is 5.11 Å². The number of ketones is 1. The second-order valence-corrected chi connectivity index (χ2v) is 9.04. The van der Waals surface area contributed by atoms with Crippen LogP contribution in [0.15, 0.2) is 0 Å². The molecule has 4 aliphatic carbocycles. The molecule has 0 aliphatic heterocycles. The van der Waals surface area contributed by atoms with Crippen LogP contribution in [0, 0.1) is 34.5 Å². The van der Waals surface area contributed by atoms with Crippen LogP contribution in [0.3, 0.4) is 0 Å². The first-order valence-electron chi connectivity index (χ1n) is 9.15. The average Bonchev–Trinajstić information content (AvgIpc) is 2.76. The Labute approximate surface area is 128 Å². The molecule has 7 atom stereocenters. The quantitative estimate of drug-likeness (QED) is 0.733. The van der Waals surface area contributed by atoms with Crippen molar-refractivity contribution in [3.8, 4) is 0 Å². The van der Waals surface area contributed by atoms with Gasteiger partial charge in [0.2, 0.25) is 0 Å². The maximum Gasteiger partial charge on any atom is 0.133 e. The number of aliphatic hydroxyl groups is 1. The summed E-state index contributed by atoms with van der Waals surface area (Å²) in [5.41, 5.74) is 0.598. The normalized spacial score (nSPS) is 56.5. The van der Waals surface area contributed by atoms with Gasteiger partial charge in [-0.2, -0.15) is 0 Å². The Balaban J connectivity index is 1.64. The molecule has 0 aromatic rings. The van der Waals surface area contributed by atoms with Crippen LogP contribution >= 0.6 is 0 Å². The Morgan fingerprint density at radius 3 is 2.52 bits per heavy atom. The molecular formula is C19H30O2. The van der Waals surface area contributed by atoms with E-state index in [1.54, 1.807) is 0 Å². The topological polar surface area (TPSA) is 37.3 Å². The van der Waals surface area contributed by atoms with E-state index in [-0.39, 0.29) is 11.5 Å². The van der Waals surface area contributed by atoms with Crippen LogP contribution in [0.5, 0.6) is 0 Å². The fraction of sp³-hybridized carbons (Fsp3) is 0.947. The van der Waals surface area contributed by atoms with Gasteiger partial charge in [0.25, 0.3) is 0 Å². The summed E-state index contributed by atoms with van der Waals surface area (Å²) in [5, 5.41) is 10.5. The van der Waals surface area contributed by atoms with Gasteiger partial charge in [-0.25, -0.2) is 0 Å². The number of Topliss-reactive ketones (excluding diaryl/α,β-unsaturated/α-hetero) is 1. The summed E-state index contributed by atoms with van der Waals surface area (Å²) in [6.07, 6.45) is 10.0. The van der Waals surface area contributed by atoms with Crippen molar-refractivity contribution >= 4 is 5.78 Å². The molecule has 0 heterocycles. The molecule has 4 fully saturated rings. The smallest absolute Gasteiger partial charge is 0.133 e. The molecule has 2 nitrogen and oxygen atoms in total. The Hall–Kier alpha value is -0.370. The van der Waals surface area contributed by atoms with Crippen LogP contribution in [0.2, 0.25) is 0 Å². The number of aliphatic hydroxyl groups excluding tert-OH is 1. The van der Waals surface area contributed by atoms with E-state index in [0.29, 0.717) is 17.1 Å². The van der Waals surface area contributed by atoms with Gasteiger partial charge in [-0.05, 0) is 79.4 Å². The van der Waals surface area contributed by atoms with Crippen molar-refractivity contribution in [3.63, 3.8) is 0 Å². The number of rotatable bonds is 0. The van der Waals surface area contributed by atoms with Gasteiger partial charge in [-0.3, -0.25) is 4.79 Å². The first-order valence-corrected chi connectivity index (χ1v) is 9.15. The molecule has 4 rings (SSSR count). The Kier molecular flexibility index (Phi) is 3.10. The summed E-state index contributed by atoms with van der Waals surface area (Å²) in [4.78, 5) is 11.9. The molecule has 0 saturated heterocycles. The van der Waals surface area contributed by atoms with Crippen molar-refractivity contribution in [2.24, 2.45) is 34.5 Å². The third kappa shape index (κ3) is 1.84. The second kappa shape index (κ2) is 4.57. The van der Waals surface area contributed by atoms with Crippen molar-refractivity contribution in [3.05, 3.63) is 0 Å². The third-order valence-electron chi connectivity index (χ3n) is 8.43. The zero-order valence-corrected chi connectivity index (χ0v) is 13.6. The molecule has 4 aliphatic rings. The van der Waals surface area contributed by atoms with Crippen molar-refractivity contribution in [2.75, 3.05) is 0 Å². The summed E-state index contributed by atoms with van der Waals surface area (Å²) >= 11 is 0. The van der Waals surface area contributed by atoms with Crippen LogP contribution in [0.4, 0.5) is 0 Å². The van der Waals surface area contributed by atoms with Gasteiger partial charge in [-0.1, -0.05) is 13.8 Å². The molecule has 0 spiro atoms. The van der Waals surface area contributed by atoms with E-state index in [1.807, 2.05) is 0 Å². The molecule has 0 aromatic heterocycles. The maximum absolute atomic E-state index is 11.9. The number of carbonyl (C=O) groups is 1. The summed E-state index contributed by atoms with van der Waals surface area (Å²) in [5.74, 6) is 3.52. The van der Waals surface area contributed by atoms with Crippen LogP contribution in [-0.2, 0) is 4.79 Å². The molecular weight excluding hydrogens is 260 g/mol. The van der Waals surface area contributed by atoms with Gasteiger partial charge in [0.05, 0.1) is 6.10 Å². The lowest BCUT2D eigenvalue weighted by Crippen LogP contribution is -2.54. The van der Waals surface area contributed by atoms with Gasteiger partial charge >= 0.3 is 0 Å². The number of carbonyl (C=O) groups excluding carboxylic acids is 1. The second-order valence-electron chi connectivity index (χ2n) is 9.04. The predicted octanol–water partition coefficient (Wildman–Crippen LogP) is 3.96. The molecule has 0 aromatic carbocycles. The Bertz CT molecular complexity index is 458. The molecule has 0 unspecified atom stereocenters. The number of hydrogen-bond acceptors (Lipinski definition) is 2. The van der Waals surface area contributed by atoms with E-state index in [9.17, 15) is 9.90 Å². The number of hydrogen-bond donors (Lipinski definition) is 1. The van der Waals surface area contributed by atoms with E-state index in [2.05, 4.69) is 13.8 Å². The minimum atomic E-state index is -0.0677. The Morgan fingerprint density at radius 2 is 1.71 bits per heavy atom. The van der Waals surface area contributed by atoms with E-state index in [0.717, 1.165) is 43.4 Å². The van der Waals surface area contributed by atoms with Crippen molar-refractivity contribution < 1.29 is 9.90 Å². The largest absolute Gasteiger partial charge is 0.393 e. The van der Waals surface area contributed by atoms with Gasteiger partial charge in [0, 0.05) is 12.8 Å². The lowest BCUT2D eigenvalue weighted by molar-refractivity contribution is -0.141. The molecule has 118 valence electrons. The standard InChI is InChI=1S/C19H30O2/c1-18-9-7-13(20)11-12(18)3-4-14-15-5-6-17(21)19(15,2)10-8-16(14)18/h12,14-17,21H,3-11H2,1-2H3/t12-,14-,15+,16+,17-,18-,19-/m0/s1. The van der Waals surface area contributed by atoms with E-state index < -0.39 is 0 Å². The minimum Gasteiger partial charge on any atom is -0.393 e. The molecule has 0 bridgehead atoms. The SMILES string of the molecule is C[C@]12CCC(=O)C[C@@H]1CC[C@@H]1[C@H]2CC[C@@]2(C)[C@@H]1CC[C@@H]2O. The highest BCUT2D eigenvalue weighted by Gasteiger charge is 2.59. The number of fused-ring (bicyclic) bond motifs is 5. The highest BCUT2D eigenvalue weighted by molar-refractivity contribution is 5.79. The summed E-state index contributed by atoms with van der Waals surface area (Å²) in [6, 6.07) is 0. The van der Waals surface area contributed by atoms with E-state index in [1.165, 1.54) is 32.1 Å². The molecule has 2 heteroatoms. The fourth-order valence-corrected chi connectivity index (χ4v) is 7.02. The highest BCUT2D eigenvalue weighted by atomic mass is 16.3. The van der Waals surface area contributed by atoms with Gasteiger partial charge in [0.15, 0.2) is 0 Å². The minimum absolute atomic E-state index is 0.0677. The van der Waals surface area contributed by atoms with Gasteiger partial charge in [-0.15, -0.1) is 0 Å². The van der Waals surface area contributed by atoms with Crippen LogP contribution in [0.25, 0.3) is 0 Å². The first-order chi connectivity index (χ1) is 9.95. The molecule has 4 saturated carbocycles. The lowest BCUT2D eigenvalue weighted by Gasteiger charge is -2.60. The van der Waals surface area contributed by atoms with Crippen LogP contribution < -0.4 is 0 Å². The Morgan fingerprint density at radius 1 is 0.952 bits per heavy atom. The summed E-state index contributed by atoms with van der Waals surface area (Å²) in [6.45, 7) is 4.85. The van der Waals surface area contributed by atoms with Crippen LogP contribution in [-0.4, -0.2) is 17.0 Å². The van der Waals surface area contributed by atoms with Crippen molar-refractivity contribution in [1.29, 1.82) is 0 Å². The van der Waals surface area contributed by atoms with Crippen LogP contribution in [0.1, 0.15) is 71.6 Å². The summed E-state index contributed by atoms with van der Waals surface area (Å²) < 4.78 is 0. The maximum atomic E-state index is 11.9. The van der Waals surface area contributed by atoms with E-state index in [4.69, 9.17) is 0 Å². The third-order valence-corrected chi connectivity index (χ3v) is 8.43. The first kappa shape index (κ1) is 14.2. The van der Waals surface area contributed by atoms with Crippen molar-refractivity contribution in [2.45, 2.75) is 77.7 Å². The summed E-state index contributed by atoms with van der Waals surface area (Å²) in [7, 11) is 0. The monoisotopic (exact) mass is 290 g/mol. The van der Waals surface area contributed by atoms with Crippen molar-refractivity contribution in [1.82, 2.24) is 0 Å². The van der Waals surface area contributed by atoms with E-state index >= 15 is 0 Å². The zero-order valence-electron chi connectivity index (χ0n) is 13.6. The lowest BCUT2D eigenvalue weighted by atomic mass is 9.45. The fourth-order valence-electron chi connectivity index (χ4n) is 7.02. The predicted molar refractivity (Wildman–Crippen MR) is 82.7 cm³/mol. The highest BCUT2D eigenvalue weighted by Crippen LogP contribution is 2.65. The molecule has 21 heavy (non-hydrogen) atoms. The average molecular weight is 290 g/mol.